The van der Waals surface area contributed by atoms with Crippen molar-refractivity contribution >= 4 is 11.7 Å². The summed E-state index contributed by atoms with van der Waals surface area (Å²) < 4.78 is 39.0. The highest BCUT2D eigenvalue weighted by molar-refractivity contribution is 5.76. The minimum absolute atomic E-state index is 0.158. The van der Waals surface area contributed by atoms with Gasteiger partial charge in [0.1, 0.15) is 5.82 Å². The van der Waals surface area contributed by atoms with Crippen LogP contribution in [0.2, 0.25) is 0 Å². The van der Waals surface area contributed by atoms with Crippen molar-refractivity contribution in [2.45, 2.75) is 32.9 Å². The van der Waals surface area contributed by atoms with Crippen LogP contribution < -0.4 is 4.90 Å². The summed E-state index contributed by atoms with van der Waals surface area (Å²) in [5.74, 6) is 1.10. The van der Waals surface area contributed by atoms with Crippen molar-refractivity contribution in [1.82, 2.24) is 14.9 Å². The molecule has 1 aromatic heterocycles. The highest BCUT2D eigenvalue weighted by Crippen LogP contribution is 2.32. The van der Waals surface area contributed by atoms with Gasteiger partial charge in [-0.3, -0.25) is 4.79 Å². The summed E-state index contributed by atoms with van der Waals surface area (Å²) in [6, 6.07) is 6.87. The van der Waals surface area contributed by atoms with E-state index in [4.69, 9.17) is 0 Å². The molecule has 1 fully saturated rings. The third kappa shape index (κ3) is 4.61. The first-order valence-electron chi connectivity index (χ1n) is 9.34. The highest BCUT2D eigenvalue weighted by atomic mass is 19.4. The smallest absolute Gasteiger partial charge is 0.353 e. The van der Waals surface area contributed by atoms with Crippen LogP contribution in [0.15, 0.2) is 30.3 Å². The van der Waals surface area contributed by atoms with E-state index in [2.05, 4.69) is 9.97 Å². The second kappa shape index (κ2) is 8.16. The number of aromatic nitrogens is 2. The molecule has 0 bridgehead atoms. The van der Waals surface area contributed by atoms with Crippen LogP contribution in [0.3, 0.4) is 0 Å². The zero-order valence-electron chi connectivity index (χ0n) is 16.0. The van der Waals surface area contributed by atoms with Gasteiger partial charge in [-0.25, -0.2) is 9.97 Å². The maximum Gasteiger partial charge on any atom is 0.416 e. The molecule has 1 aromatic carbocycles. The molecule has 0 saturated carbocycles. The number of piperazine rings is 1. The molecular formula is C20H23F3N4O. The molecule has 2 aromatic rings. The predicted molar refractivity (Wildman–Crippen MR) is 101 cm³/mol. The molecule has 1 aliphatic heterocycles. The van der Waals surface area contributed by atoms with Crippen LogP contribution in [0.5, 0.6) is 0 Å². The lowest BCUT2D eigenvalue weighted by Gasteiger charge is -2.35. The van der Waals surface area contributed by atoms with E-state index in [1.807, 2.05) is 22.8 Å². The largest absolute Gasteiger partial charge is 0.416 e. The number of aryl methyl sites for hydroxylation is 1. The van der Waals surface area contributed by atoms with Gasteiger partial charge in [-0.1, -0.05) is 19.1 Å². The van der Waals surface area contributed by atoms with Gasteiger partial charge >= 0.3 is 6.18 Å². The molecule has 150 valence electrons. The maximum atomic E-state index is 13.0. The Hall–Kier alpha value is -2.64. The number of carbonyl (C=O) groups excluding carboxylic acids is 1. The minimum atomic E-state index is -4.41. The number of nitrogens with zero attached hydrogens (tertiary/aromatic N) is 4. The van der Waals surface area contributed by atoms with Crippen LogP contribution in [0.1, 0.15) is 31.0 Å². The quantitative estimate of drug-likeness (QED) is 0.791. The third-order valence-corrected chi connectivity index (χ3v) is 4.71. The first kappa shape index (κ1) is 20.1. The van der Waals surface area contributed by atoms with Crippen molar-refractivity contribution in [2.24, 2.45) is 0 Å². The van der Waals surface area contributed by atoms with Gasteiger partial charge in [0.05, 0.1) is 5.56 Å². The van der Waals surface area contributed by atoms with E-state index in [9.17, 15) is 18.0 Å². The van der Waals surface area contributed by atoms with Gasteiger partial charge in [0, 0.05) is 49.9 Å². The Balaban J connectivity index is 1.81. The summed E-state index contributed by atoms with van der Waals surface area (Å²) in [5, 5.41) is 0. The van der Waals surface area contributed by atoms with Gasteiger partial charge in [-0.2, -0.15) is 13.2 Å². The summed E-state index contributed by atoms with van der Waals surface area (Å²) in [6.07, 6.45) is -3.04. The van der Waals surface area contributed by atoms with E-state index in [0.717, 1.165) is 18.6 Å². The Kier molecular flexibility index (Phi) is 5.86. The summed E-state index contributed by atoms with van der Waals surface area (Å²) in [5.41, 5.74) is 0.290. The molecule has 1 amide bonds. The lowest BCUT2D eigenvalue weighted by Crippen LogP contribution is -2.49. The number of hydrogen-bond donors (Lipinski definition) is 0. The van der Waals surface area contributed by atoms with Crippen LogP contribution in [-0.2, 0) is 11.0 Å². The van der Waals surface area contributed by atoms with Gasteiger partial charge in [-0.15, -0.1) is 0 Å². The lowest BCUT2D eigenvalue weighted by atomic mass is 10.1. The summed E-state index contributed by atoms with van der Waals surface area (Å²) in [6.45, 7) is 6.26. The van der Waals surface area contributed by atoms with E-state index in [-0.39, 0.29) is 11.7 Å². The summed E-state index contributed by atoms with van der Waals surface area (Å²) in [7, 11) is 0. The molecule has 28 heavy (non-hydrogen) atoms. The minimum Gasteiger partial charge on any atom is -0.353 e. The van der Waals surface area contributed by atoms with Crippen LogP contribution in [0.25, 0.3) is 11.4 Å². The van der Waals surface area contributed by atoms with E-state index < -0.39 is 11.7 Å². The van der Waals surface area contributed by atoms with Crippen molar-refractivity contribution < 1.29 is 18.0 Å². The molecular weight excluding hydrogens is 369 g/mol. The fraction of sp³-hybridized carbons (Fsp3) is 0.450. The van der Waals surface area contributed by atoms with E-state index in [1.54, 1.807) is 13.0 Å². The molecule has 5 nitrogen and oxygen atoms in total. The molecule has 1 saturated heterocycles. The zero-order chi connectivity index (χ0) is 20.3. The molecule has 0 unspecified atom stereocenters. The molecule has 3 rings (SSSR count). The molecule has 0 aliphatic carbocycles. The molecule has 0 atom stereocenters. The van der Waals surface area contributed by atoms with Gasteiger partial charge in [0.25, 0.3) is 0 Å². The zero-order valence-corrected chi connectivity index (χ0v) is 16.0. The van der Waals surface area contributed by atoms with Crippen molar-refractivity contribution in [2.75, 3.05) is 31.1 Å². The highest BCUT2D eigenvalue weighted by Gasteiger charge is 2.30. The Morgan fingerprint density at radius 3 is 2.46 bits per heavy atom. The maximum absolute atomic E-state index is 13.0. The third-order valence-electron chi connectivity index (χ3n) is 4.71. The first-order chi connectivity index (χ1) is 13.3. The molecule has 2 heterocycles. The van der Waals surface area contributed by atoms with E-state index in [1.165, 1.54) is 6.07 Å². The van der Waals surface area contributed by atoms with Gasteiger partial charge < -0.3 is 9.80 Å². The van der Waals surface area contributed by atoms with E-state index >= 15 is 0 Å². The standard InChI is InChI=1S/C20H23F3N4O/c1-3-5-18(28)27-10-8-26(9-11-27)17-12-14(2)24-19(25-17)15-6-4-7-16(13-15)20(21,22)23/h4,6-7,12-13H,3,5,8-11H2,1-2H3. The fourth-order valence-electron chi connectivity index (χ4n) is 3.23. The Bertz CT molecular complexity index is 846. The van der Waals surface area contributed by atoms with Crippen LogP contribution >= 0.6 is 0 Å². The fourth-order valence-corrected chi connectivity index (χ4v) is 3.23. The monoisotopic (exact) mass is 392 g/mol. The molecule has 0 radical (unpaired) electrons. The first-order valence-corrected chi connectivity index (χ1v) is 9.34. The number of halogens is 3. The van der Waals surface area contributed by atoms with Crippen LogP contribution in [0, 0.1) is 6.92 Å². The Morgan fingerprint density at radius 1 is 1.11 bits per heavy atom. The van der Waals surface area contributed by atoms with Gasteiger partial charge in [0.15, 0.2) is 5.82 Å². The number of alkyl halides is 3. The summed E-state index contributed by atoms with van der Waals surface area (Å²) >= 11 is 0. The van der Waals surface area contributed by atoms with Crippen molar-refractivity contribution in [1.29, 1.82) is 0 Å². The second-order valence-corrected chi connectivity index (χ2v) is 6.89. The Morgan fingerprint density at radius 2 is 1.82 bits per heavy atom. The average molecular weight is 392 g/mol. The Labute approximate surface area is 162 Å². The number of benzene rings is 1. The number of amides is 1. The average Bonchev–Trinajstić information content (AvgIpc) is 2.67. The van der Waals surface area contributed by atoms with Crippen molar-refractivity contribution in [3.05, 3.63) is 41.6 Å². The SMILES string of the molecule is CCCC(=O)N1CCN(c2cc(C)nc(-c3cccc(C(F)(F)F)c3)n2)CC1. The van der Waals surface area contributed by atoms with Crippen molar-refractivity contribution in [3.63, 3.8) is 0 Å². The van der Waals surface area contributed by atoms with Crippen LogP contribution in [-0.4, -0.2) is 47.0 Å². The summed E-state index contributed by atoms with van der Waals surface area (Å²) in [4.78, 5) is 24.8. The van der Waals surface area contributed by atoms with E-state index in [0.29, 0.717) is 49.7 Å². The molecule has 8 heteroatoms. The van der Waals surface area contributed by atoms with Crippen molar-refractivity contribution in [3.8, 4) is 11.4 Å². The molecule has 1 aliphatic rings. The van der Waals surface area contributed by atoms with Gasteiger partial charge in [-0.05, 0) is 25.5 Å². The number of carbonyl (C=O) groups is 1. The molecule has 0 N–H and O–H groups in total. The lowest BCUT2D eigenvalue weighted by molar-refractivity contribution is -0.137. The molecule has 0 spiro atoms. The second-order valence-electron chi connectivity index (χ2n) is 6.89. The van der Waals surface area contributed by atoms with Crippen LogP contribution in [0.4, 0.5) is 19.0 Å². The number of rotatable bonds is 4. The number of anilines is 1. The number of hydrogen-bond acceptors (Lipinski definition) is 4. The topological polar surface area (TPSA) is 49.3 Å². The normalized spacial score (nSPS) is 15.0. The van der Waals surface area contributed by atoms with Gasteiger partial charge in [0.2, 0.25) is 5.91 Å². The predicted octanol–water partition coefficient (Wildman–Crippen LogP) is 3.92.